The number of carboxylic acid groups (broad SMARTS) is 1. The molecule has 11 heteroatoms. The number of aromatic nitrogens is 2. The number of carbonyl (C=O) groups is 1. The molecule has 3 aliphatic rings. The van der Waals surface area contributed by atoms with Gasteiger partial charge in [-0.1, -0.05) is 29.8 Å². The van der Waals surface area contributed by atoms with Gasteiger partial charge in [-0.25, -0.2) is 4.98 Å². The molecule has 2 aliphatic carbocycles. The second-order valence-corrected chi connectivity index (χ2v) is 11.0. The number of hydrogen-bond acceptors (Lipinski definition) is 6. The van der Waals surface area contributed by atoms with E-state index in [4.69, 9.17) is 22.1 Å². The quantitative estimate of drug-likeness (QED) is 0.376. The summed E-state index contributed by atoms with van der Waals surface area (Å²) in [7, 11) is 0. The zero-order valence-electron chi connectivity index (χ0n) is 21.2. The molecule has 1 aromatic heterocycles. The summed E-state index contributed by atoms with van der Waals surface area (Å²) in [4.78, 5) is 19.6. The van der Waals surface area contributed by atoms with Gasteiger partial charge in [0, 0.05) is 23.2 Å². The molecule has 0 radical (unpaired) electrons. The third kappa shape index (κ3) is 6.06. The van der Waals surface area contributed by atoms with Crippen LogP contribution in [-0.4, -0.2) is 39.8 Å². The van der Waals surface area contributed by atoms with Gasteiger partial charge in [0.2, 0.25) is 17.9 Å². The van der Waals surface area contributed by atoms with Gasteiger partial charge in [0.15, 0.2) is 0 Å². The minimum absolute atomic E-state index is 0.0284. The lowest BCUT2D eigenvalue weighted by Gasteiger charge is -2.32. The predicted molar refractivity (Wildman–Crippen MR) is 142 cm³/mol. The van der Waals surface area contributed by atoms with E-state index in [0.717, 1.165) is 36.8 Å². The van der Waals surface area contributed by atoms with Crippen molar-refractivity contribution in [1.29, 1.82) is 0 Å². The molecule has 1 saturated heterocycles. The number of carboxylic acids is 1. The lowest BCUT2D eigenvalue weighted by molar-refractivity contribution is -0.198. The van der Waals surface area contributed by atoms with Gasteiger partial charge < -0.3 is 20.9 Å². The minimum Gasteiger partial charge on any atom is -0.480 e. The van der Waals surface area contributed by atoms with Gasteiger partial charge in [0.25, 0.3) is 0 Å². The standard InChI is InChI=1S/C28H30ClF3N4O3/c29-18-6-7-19(20(12-18)16-4-2-1-3-5-16)24(28(30,31)32)39-23-13-21(35-26(33)36-23)17-8-10-27(11-9-17)14-22(25(37)38)34-15-27/h4,6-8,12-13,22,24,34H,1-3,5,9-11,14-15H2,(H,37,38)(H2,33,35,36). The fourth-order valence-electron chi connectivity index (χ4n) is 5.83. The number of halogens is 4. The molecule has 1 aromatic carbocycles. The molecule has 7 nitrogen and oxygen atoms in total. The molecule has 1 fully saturated rings. The number of ether oxygens (including phenoxy) is 1. The van der Waals surface area contributed by atoms with Crippen LogP contribution < -0.4 is 15.8 Å². The molecule has 1 spiro atoms. The van der Waals surface area contributed by atoms with Crippen LogP contribution in [0.15, 0.2) is 36.4 Å². The molecule has 0 saturated carbocycles. The van der Waals surface area contributed by atoms with Crippen molar-refractivity contribution in [3.05, 3.63) is 58.3 Å². The summed E-state index contributed by atoms with van der Waals surface area (Å²) in [6.45, 7) is 0.598. The number of rotatable bonds is 6. The highest BCUT2D eigenvalue weighted by Crippen LogP contribution is 2.45. The van der Waals surface area contributed by atoms with Crippen molar-refractivity contribution < 1.29 is 27.8 Å². The number of nitrogens with two attached hydrogens (primary N) is 1. The molecule has 5 rings (SSSR count). The van der Waals surface area contributed by atoms with Crippen LogP contribution in [-0.2, 0) is 4.79 Å². The number of nitrogens with zero attached hydrogens (tertiary/aromatic N) is 2. The molecular weight excluding hydrogens is 533 g/mol. The van der Waals surface area contributed by atoms with Crippen LogP contribution in [0.3, 0.4) is 0 Å². The number of hydrogen-bond donors (Lipinski definition) is 3. The summed E-state index contributed by atoms with van der Waals surface area (Å²) in [5, 5.41) is 12.7. The first kappa shape index (κ1) is 27.5. The van der Waals surface area contributed by atoms with Crippen LogP contribution in [0, 0.1) is 5.41 Å². The molecular formula is C28H30ClF3N4O3. The van der Waals surface area contributed by atoms with E-state index < -0.39 is 24.3 Å². The van der Waals surface area contributed by atoms with E-state index in [-0.39, 0.29) is 22.8 Å². The fraction of sp³-hybridized carbons (Fsp3) is 0.464. The number of nitrogen functional groups attached to an aromatic ring is 1. The third-order valence-electron chi connectivity index (χ3n) is 7.88. The van der Waals surface area contributed by atoms with Crippen LogP contribution in [0.25, 0.3) is 11.1 Å². The Hall–Kier alpha value is -3.11. The Balaban J connectivity index is 1.43. The summed E-state index contributed by atoms with van der Waals surface area (Å²) < 4.78 is 48.9. The number of aliphatic carboxylic acids is 1. The third-order valence-corrected chi connectivity index (χ3v) is 8.12. The molecule has 1 aliphatic heterocycles. The van der Waals surface area contributed by atoms with Gasteiger partial charge >= 0.3 is 12.1 Å². The first-order valence-corrected chi connectivity index (χ1v) is 13.4. The van der Waals surface area contributed by atoms with E-state index in [1.54, 1.807) is 6.07 Å². The van der Waals surface area contributed by atoms with Crippen molar-refractivity contribution in [2.24, 2.45) is 5.41 Å². The first-order valence-electron chi connectivity index (χ1n) is 13.1. The van der Waals surface area contributed by atoms with Crippen molar-refractivity contribution in [1.82, 2.24) is 15.3 Å². The summed E-state index contributed by atoms with van der Waals surface area (Å²) in [6, 6.07) is 5.17. The predicted octanol–water partition coefficient (Wildman–Crippen LogP) is 6.35. The van der Waals surface area contributed by atoms with Crippen molar-refractivity contribution in [3.63, 3.8) is 0 Å². The van der Waals surface area contributed by atoms with E-state index in [9.17, 15) is 23.1 Å². The molecule has 208 valence electrons. The smallest absolute Gasteiger partial charge is 0.429 e. The molecule has 39 heavy (non-hydrogen) atoms. The molecule has 4 N–H and O–H groups in total. The Morgan fingerprint density at radius 2 is 2.00 bits per heavy atom. The minimum atomic E-state index is -4.73. The van der Waals surface area contributed by atoms with E-state index in [0.29, 0.717) is 48.5 Å². The topological polar surface area (TPSA) is 110 Å². The largest absolute Gasteiger partial charge is 0.480 e. The highest BCUT2D eigenvalue weighted by molar-refractivity contribution is 6.30. The van der Waals surface area contributed by atoms with Gasteiger partial charge in [0.05, 0.1) is 5.69 Å². The summed E-state index contributed by atoms with van der Waals surface area (Å²) >= 11 is 6.19. The van der Waals surface area contributed by atoms with E-state index in [1.807, 2.05) is 12.2 Å². The normalized spacial score (nSPS) is 24.3. The van der Waals surface area contributed by atoms with Crippen LogP contribution in [0.4, 0.5) is 19.1 Å². The van der Waals surface area contributed by atoms with Crippen molar-refractivity contribution in [2.75, 3.05) is 12.3 Å². The van der Waals surface area contributed by atoms with Gasteiger partial charge in [-0.2, -0.15) is 18.2 Å². The number of nitrogens with one attached hydrogen (secondary N) is 1. The van der Waals surface area contributed by atoms with Crippen LogP contribution in [0.5, 0.6) is 5.88 Å². The average Bonchev–Trinajstić information content (AvgIpc) is 3.31. The Bertz CT molecular complexity index is 1330. The molecule has 0 bridgehead atoms. The second-order valence-electron chi connectivity index (χ2n) is 10.6. The summed E-state index contributed by atoms with van der Waals surface area (Å²) in [5.41, 5.74) is 8.20. The maximum atomic E-state index is 14.4. The highest BCUT2D eigenvalue weighted by Gasteiger charge is 2.45. The van der Waals surface area contributed by atoms with Gasteiger partial charge in [0.1, 0.15) is 6.04 Å². The first-order chi connectivity index (χ1) is 18.5. The number of anilines is 1. The Morgan fingerprint density at radius 3 is 2.64 bits per heavy atom. The Labute approximate surface area is 229 Å². The SMILES string of the molecule is Nc1nc(OC(c2ccc(Cl)cc2C2=CCCCC2)C(F)(F)F)cc(C2=CCC3(CC2)CNC(C(=O)O)C3)n1. The van der Waals surface area contributed by atoms with Crippen molar-refractivity contribution in [2.45, 2.75) is 69.7 Å². The zero-order chi connectivity index (χ0) is 27.8. The van der Waals surface area contributed by atoms with Gasteiger partial charge in [-0.15, -0.1) is 0 Å². The maximum Gasteiger partial charge on any atom is 0.429 e. The number of alkyl halides is 3. The van der Waals surface area contributed by atoms with Crippen LogP contribution >= 0.6 is 11.6 Å². The molecule has 2 heterocycles. The fourth-order valence-corrected chi connectivity index (χ4v) is 6.00. The highest BCUT2D eigenvalue weighted by atomic mass is 35.5. The lowest BCUT2D eigenvalue weighted by Crippen LogP contribution is -2.30. The van der Waals surface area contributed by atoms with E-state index >= 15 is 0 Å². The molecule has 2 aromatic rings. The monoisotopic (exact) mass is 562 g/mol. The lowest BCUT2D eigenvalue weighted by atomic mass is 9.73. The van der Waals surface area contributed by atoms with Gasteiger partial charge in [-0.05, 0) is 85.6 Å². The van der Waals surface area contributed by atoms with Crippen LogP contribution in [0.1, 0.15) is 74.3 Å². The van der Waals surface area contributed by atoms with Crippen LogP contribution in [0.2, 0.25) is 5.02 Å². The molecule has 3 atom stereocenters. The second kappa shape index (κ2) is 10.8. The zero-order valence-corrected chi connectivity index (χ0v) is 22.0. The average molecular weight is 563 g/mol. The van der Waals surface area contributed by atoms with Crippen molar-refractivity contribution >= 4 is 34.7 Å². The summed E-state index contributed by atoms with van der Waals surface area (Å²) in [5.74, 6) is -1.33. The Kier molecular flexibility index (Phi) is 7.61. The maximum absolute atomic E-state index is 14.4. The van der Waals surface area contributed by atoms with Gasteiger partial charge in [-0.3, -0.25) is 4.79 Å². The summed E-state index contributed by atoms with van der Waals surface area (Å²) in [6.07, 6.45) is 2.75. The van der Waals surface area contributed by atoms with Crippen molar-refractivity contribution in [3.8, 4) is 5.88 Å². The van der Waals surface area contributed by atoms with E-state index in [2.05, 4.69) is 15.3 Å². The number of allylic oxidation sites excluding steroid dienone is 4. The molecule has 3 unspecified atom stereocenters. The Morgan fingerprint density at radius 1 is 1.18 bits per heavy atom. The molecule has 0 amide bonds. The van der Waals surface area contributed by atoms with E-state index in [1.165, 1.54) is 18.2 Å². The number of benzene rings is 1.